The van der Waals surface area contributed by atoms with Crippen LogP contribution in [0.2, 0.25) is 0 Å². The number of rotatable bonds is 2. The van der Waals surface area contributed by atoms with Gasteiger partial charge in [0.1, 0.15) is 5.82 Å². The Bertz CT molecular complexity index is 806. The molecule has 6 heteroatoms. The van der Waals surface area contributed by atoms with Crippen LogP contribution in [0, 0.1) is 11.7 Å². The molecule has 0 bridgehead atoms. The average Bonchev–Trinajstić information content (AvgIpc) is 2.66. The second-order valence-electron chi connectivity index (χ2n) is 4.27. The molecule has 0 amide bonds. The first-order valence-electron chi connectivity index (χ1n) is 5.80. The molecule has 2 aromatic heterocycles. The number of nitrogens with one attached hydrogen (secondary N) is 1. The summed E-state index contributed by atoms with van der Waals surface area (Å²) in [5, 5.41) is 0. The van der Waals surface area contributed by atoms with Crippen molar-refractivity contribution in [1.82, 2.24) is 19.5 Å². The number of hydrogen-bond donors (Lipinski definition) is 1. The first-order chi connectivity index (χ1) is 9.13. The van der Waals surface area contributed by atoms with Gasteiger partial charge in [0, 0.05) is 10.7 Å². The topological polar surface area (TPSA) is 46.5 Å². The fourth-order valence-electron chi connectivity index (χ4n) is 2.04. The highest BCUT2D eigenvalue weighted by Gasteiger charge is 2.06. The number of H-pyrrole nitrogens is 1. The Morgan fingerprint density at radius 3 is 3.00 bits per heavy atom. The van der Waals surface area contributed by atoms with Gasteiger partial charge in [0.2, 0.25) is 0 Å². The largest absolute Gasteiger partial charge is 0.331 e. The van der Waals surface area contributed by atoms with Crippen LogP contribution in [0.25, 0.3) is 11.0 Å². The summed E-state index contributed by atoms with van der Waals surface area (Å²) in [6, 6.07) is 7.96. The van der Waals surface area contributed by atoms with Gasteiger partial charge in [-0.15, -0.1) is 0 Å². The molecule has 0 radical (unpaired) electrons. The highest BCUT2D eigenvalue weighted by Crippen LogP contribution is 2.20. The molecule has 1 aromatic carbocycles. The van der Waals surface area contributed by atoms with E-state index in [9.17, 15) is 0 Å². The number of aromatic nitrogens is 4. The molecule has 3 rings (SSSR count). The second kappa shape index (κ2) is 4.86. The molecule has 4 nitrogen and oxygen atoms in total. The minimum absolute atomic E-state index is 0.638. The minimum atomic E-state index is 0.638. The van der Waals surface area contributed by atoms with Crippen molar-refractivity contribution in [2.24, 2.45) is 0 Å². The lowest BCUT2D eigenvalue weighted by Gasteiger charge is -2.04. The van der Waals surface area contributed by atoms with Crippen LogP contribution in [0.3, 0.4) is 0 Å². The van der Waals surface area contributed by atoms with Gasteiger partial charge in [-0.1, -0.05) is 15.9 Å². The SMILES string of the molecule is Cc1nccc(Cn2c(=S)[nH]c3ccc(Br)cc32)n1. The normalized spacial score (nSPS) is 11.1. The smallest absolute Gasteiger partial charge is 0.178 e. The fraction of sp³-hybridized carbons (Fsp3) is 0.154. The Labute approximate surface area is 123 Å². The molecule has 0 aliphatic heterocycles. The maximum Gasteiger partial charge on any atom is 0.178 e. The van der Waals surface area contributed by atoms with Crippen molar-refractivity contribution in [3.05, 3.63) is 51.2 Å². The summed E-state index contributed by atoms with van der Waals surface area (Å²) in [5.74, 6) is 0.769. The van der Waals surface area contributed by atoms with E-state index >= 15 is 0 Å². The van der Waals surface area contributed by atoms with Gasteiger partial charge < -0.3 is 9.55 Å². The van der Waals surface area contributed by atoms with Crippen molar-refractivity contribution in [1.29, 1.82) is 0 Å². The molecule has 0 aliphatic carbocycles. The van der Waals surface area contributed by atoms with Crippen molar-refractivity contribution < 1.29 is 0 Å². The van der Waals surface area contributed by atoms with Gasteiger partial charge in [-0.05, 0) is 43.4 Å². The van der Waals surface area contributed by atoms with E-state index in [1.807, 2.05) is 29.7 Å². The summed E-state index contributed by atoms with van der Waals surface area (Å²) in [4.78, 5) is 11.7. The summed E-state index contributed by atoms with van der Waals surface area (Å²) < 4.78 is 3.77. The number of fused-ring (bicyclic) bond motifs is 1. The summed E-state index contributed by atoms with van der Waals surface area (Å²) in [7, 11) is 0. The van der Waals surface area contributed by atoms with Crippen molar-refractivity contribution in [2.45, 2.75) is 13.5 Å². The van der Waals surface area contributed by atoms with Gasteiger partial charge in [-0.25, -0.2) is 9.97 Å². The zero-order valence-corrected chi connectivity index (χ0v) is 12.6. The van der Waals surface area contributed by atoms with Crippen molar-refractivity contribution >= 4 is 39.2 Å². The van der Waals surface area contributed by atoms with Gasteiger partial charge in [0.25, 0.3) is 0 Å². The van der Waals surface area contributed by atoms with E-state index in [1.165, 1.54) is 0 Å². The Morgan fingerprint density at radius 2 is 2.21 bits per heavy atom. The first kappa shape index (κ1) is 12.5. The van der Waals surface area contributed by atoms with E-state index in [2.05, 4.69) is 36.9 Å². The molecule has 0 atom stereocenters. The van der Waals surface area contributed by atoms with Crippen LogP contribution >= 0.6 is 28.1 Å². The van der Waals surface area contributed by atoms with Crippen LogP contribution in [-0.4, -0.2) is 19.5 Å². The number of aromatic amines is 1. The van der Waals surface area contributed by atoms with Crippen LogP contribution in [0.15, 0.2) is 34.9 Å². The van der Waals surface area contributed by atoms with Crippen LogP contribution in [0.4, 0.5) is 0 Å². The fourth-order valence-corrected chi connectivity index (χ4v) is 2.66. The van der Waals surface area contributed by atoms with E-state index in [4.69, 9.17) is 12.2 Å². The van der Waals surface area contributed by atoms with Crippen molar-refractivity contribution in [3.8, 4) is 0 Å². The molecule has 0 aliphatic rings. The lowest BCUT2D eigenvalue weighted by molar-refractivity contribution is 0.773. The molecule has 1 N–H and O–H groups in total. The number of aryl methyl sites for hydroxylation is 1. The lowest BCUT2D eigenvalue weighted by Crippen LogP contribution is -2.03. The standard InChI is InChI=1S/C13H11BrN4S/c1-8-15-5-4-10(16-8)7-18-12-6-9(14)2-3-11(12)17-13(18)19/h2-6H,7H2,1H3,(H,17,19). The zero-order chi connectivity index (χ0) is 13.4. The molecule has 2 heterocycles. The van der Waals surface area contributed by atoms with E-state index < -0.39 is 0 Å². The molecule has 3 aromatic rings. The summed E-state index contributed by atoms with van der Waals surface area (Å²) in [6.07, 6.45) is 1.77. The number of imidazole rings is 1. The predicted octanol–water partition coefficient (Wildman–Crippen LogP) is 3.61. The Hall–Kier alpha value is -1.53. The Kier molecular flexibility index (Phi) is 3.20. The molecule has 0 fully saturated rings. The molecular weight excluding hydrogens is 324 g/mol. The lowest BCUT2D eigenvalue weighted by atomic mass is 10.3. The maximum atomic E-state index is 5.38. The summed E-state index contributed by atoms with van der Waals surface area (Å²) in [5.41, 5.74) is 3.04. The number of benzene rings is 1. The molecule has 19 heavy (non-hydrogen) atoms. The van der Waals surface area contributed by atoms with Crippen LogP contribution in [-0.2, 0) is 6.54 Å². The summed E-state index contributed by atoms with van der Waals surface area (Å²) >= 11 is 8.86. The molecular formula is C13H11BrN4S. The van der Waals surface area contributed by atoms with Gasteiger partial charge in [0.05, 0.1) is 23.3 Å². The van der Waals surface area contributed by atoms with E-state index in [0.29, 0.717) is 11.3 Å². The highest BCUT2D eigenvalue weighted by atomic mass is 79.9. The number of hydrogen-bond acceptors (Lipinski definition) is 3. The third kappa shape index (κ3) is 2.46. The monoisotopic (exact) mass is 334 g/mol. The number of halogens is 1. The predicted molar refractivity (Wildman–Crippen MR) is 80.7 cm³/mol. The maximum absolute atomic E-state index is 5.38. The first-order valence-corrected chi connectivity index (χ1v) is 7.00. The summed E-state index contributed by atoms with van der Waals surface area (Å²) in [6.45, 7) is 2.52. The number of nitrogens with zero attached hydrogens (tertiary/aromatic N) is 3. The van der Waals surface area contributed by atoms with Crippen molar-refractivity contribution in [2.75, 3.05) is 0 Å². The second-order valence-corrected chi connectivity index (χ2v) is 5.58. The van der Waals surface area contributed by atoms with Crippen LogP contribution in [0.5, 0.6) is 0 Å². The molecule has 0 saturated heterocycles. The Morgan fingerprint density at radius 1 is 1.37 bits per heavy atom. The van der Waals surface area contributed by atoms with Gasteiger partial charge >= 0.3 is 0 Å². The molecule has 0 unspecified atom stereocenters. The minimum Gasteiger partial charge on any atom is -0.331 e. The average molecular weight is 335 g/mol. The molecule has 0 spiro atoms. The van der Waals surface area contributed by atoms with Crippen LogP contribution < -0.4 is 0 Å². The third-order valence-electron chi connectivity index (χ3n) is 2.89. The zero-order valence-electron chi connectivity index (χ0n) is 10.2. The van der Waals surface area contributed by atoms with Gasteiger partial charge in [-0.3, -0.25) is 0 Å². The Balaban J connectivity index is 2.12. The quantitative estimate of drug-likeness (QED) is 0.728. The van der Waals surface area contributed by atoms with Gasteiger partial charge in [-0.2, -0.15) is 0 Å². The molecule has 0 saturated carbocycles. The highest BCUT2D eigenvalue weighted by molar-refractivity contribution is 9.10. The van der Waals surface area contributed by atoms with Crippen molar-refractivity contribution in [3.63, 3.8) is 0 Å². The van der Waals surface area contributed by atoms with Gasteiger partial charge in [0.15, 0.2) is 4.77 Å². The molecule has 96 valence electrons. The van der Waals surface area contributed by atoms with E-state index in [-0.39, 0.29) is 0 Å². The van der Waals surface area contributed by atoms with Crippen LogP contribution in [0.1, 0.15) is 11.5 Å². The van der Waals surface area contributed by atoms with E-state index in [0.717, 1.165) is 27.0 Å². The van der Waals surface area contributed by atoms with E-state index in [1.54, 1.807) is 6.20 Å². The third-order valence-corrected chi connectivity index (χ3v) is 3.71.